The first-order valence-electron chi connectivity index (χ1n) is 7.33. The van der Waals surface area contributed by atoms with Gasteiger partial charge in [-0.15, -0.1) is 0 Å². The van der Waals surface area contributed by atoms with Gasteiger partial charge in [0, 0.05) is 23.4 Å². The summed E-state index contributed by atoms with van der Waals surface area (Å²) in [4.78, 5) is 15.0. The molecule has 0 atom stereocenters. The minimum Gasteiger partial charge on any atom is -0.258 e. The van der Waals surface area contributed by atoms with E-state index in [1.54, 1.807) is 18.2 Å². The van der Waals surface area contributed by atoms with Crippen LogP contribution in [0, 0.1) is 20.8 Å². The molecule has 3 aromatic rings. The van der Waals surface area contributed by atoms with Crippen molar-refractivity contribution in [1.29, 1.82) is 5.26 Å². The molecule has 1 aromatic heterocycles. The van der Waals surface area contributed by atoms with E-state index in [2.05, 4.69) is 20.9 Å². The van der Waals surface area contributed by atoms with E-state index in [0.29, 0.717) is 16.4 Å². The number of thioether (sulfide) groups is 1. The molecule has 0 saturated carbocycles. The van der Waals surface area contributed by atoms with E-state index in [4.69, 9.17) is 5.26 Å². The first kappa shape index (κ1) is 17.6. The number of rotatable bonds is 6. The van der Waals surface area contributed by atoms with Crippen molar-refractivity contribution in [1.82, 2.24) is 4.98 Å². The number of hydrogen-bond acceptors (Lipinski definition) is 8. The third-order valence-corrected chi connectivity index (χ3v) is 5.00. The number of anilines is 1. The number of para-hydroxylation sites is 1. The van der Waals surface area contributed by atoms with Crippen molar-refractivity contribution < 1.29 is 4.92 Å². The van der Waals surface area contributed by atoms with Crippen molar-refractivity contribution in [2.45, 2.75) is 4.21 Å². The molecule has 7 nitrogen and oxygen atoms in total. The number of nitrogens with one attached hydrogen (secondary N) is 1. The summed E-state index contributed by atoms with van der Waals surface area (Å²) in [7, 11) is 0. The van der Waals surface area contributed by atoms with Crippen LogP contribution in [-0.4, -0.2) is 16.1 Å². The average molecular weight is 381 g/mol. The van der Waals surface area contributed by atoms with Crippen LogP contribution < -0.4 is 5.43 Å². The Bertz CT molecular complexity index is 996. The number of benzene rings is 2. The number of nitriles is 1. The third kappa shape index (κ3) is 4.05. The van der Waals surface area contributed by atoms with Gasteiger partial charge < -0.3 is 0 Å². The summed E-state index contributed by atoms with van der Waals surface area (Å²) in [5.74, 6) is 0. The van der Waals surface area contributed by atoms with E-state index >= 15 is 0 Å². The smallest absolute Gasteiger partial charge is 0.258 e. The van der Waals surface area contributed by atoms with Crippen LogP contribution in [0.15, 0.2) is 63.9 Å². The lowest BCUT2D eigenvalue weighted by atomic mass is 10.2. The van der Waals surface area contributed by atoms with E-state index in [9.17, 15) is 10.1 Å². The van der Waals surface area contributed by atoms with Gasteiger partial charge in [-0.05, 0) is 6.07 Å². The van der Waals surface area contributed by atoms with E-state index in [1.165, 1.54) is 23.6 Å². The Morgan fingerprint density at radius 1 is 1.23 bits per heavy atom. The van der Waals surface area contributed by atoms with Gasteiger partial charge in [0.2, 0.25) is 5.13 Å². The molecule has 0 radical (unpaired) electrons. The molecule has 0 aliphatic carbocycles. The van der Waals surface area contributed by atoms with Crippen LogP contribution in [0.25, 0.3) is 11.3 Å². The summed E-state index contributed by atoms with van der Waals surface area (Å²) in [6, 6.07) is 15.9. The van der Waals surface area contributed by atoms with Crippen molar-refractivity contribution in [3.8, 4) is 16.7 Å². The monoisotopic (exact) mass is 381 g/mol. The Balaban J connectivity index is 1.83. The maximum Gasteiger partial charge on any atom is 0.278 e. The fraction of sp³-hybridized carbons (Fsp3) is 0. The second-order valence-electron chi connectivity index (χ2n) is 4.90. The molecule has 2 aromatic carbocycles. The zero-order chi connectivity index (χ0) is 18.4. The molecular formula is C17H11N5O2S2. The average Bonchev–Trinajstić information content (AvgIpc) is 3.06. The summed E-state index contributed by atoms with van der Waals surface area (Å²) in [5, 5.41) is 26.6. The lowest BCUT2D eigenvalue weighted by Crippen LogP contribution is -1.96. The van der Waals surface area contributed by atoms with Crippen LogP contribution in [-0.2, 0) is 0 Å². The van der Waals surface area contributed by atoms with E-state index in [1.807, 2.05) is 30.3 Å². The summed E-state index contributed by atoms with van der Waals surface area (Å²) in [6.07, 6.45) is 1.37. The molecule has 0 unspecified atom stereocenters. The van der Waals surface area contributed by atoms with Crippen molar-refractivity contribution in [2.75, 3.05) is 5.43 Å². The van der Waals surface area contributed by atoms with E-state index in [-0.39, 0.29) is 5.69 Å². The van der Waals surface area contributed by atoms with E-state index in [0.717, 1.165) is 21.5 Å². The maximum atomic E-state index is 11.0. The number of hydrogen-bond donors (Lipinski definition) is 1. The van der Waals surface area contributed by atoms with Crippen molar-refractivity contribution in [3.05, 3.63) is 70.3 Å². The number of nitro benzene ring substituents is 1. The van der Waals surface area contributed by atoms with Gasteiger partial charge in [0.1, 0.15) is 9.61 Å². The van der Waals surface area contributed by atoms with Crippen molar-refractivity contribution in [2.24, 2.45) is 5.10 Å². The highest BCUT2D eigenvalue weighted by atomic mass is 32.2. The third-order valence-electron chi connectivity index (χ3n) is 3.28. The summed E-state index contributed by atoms with van der Waals surface area (Å²) in [6.45, 7) is 0. The standard InChI is InChI=1S/C17H11N5O2S2/c18-11-25-16-15(12-6-2-1-3-7-12)20-17(26-16)21-19-10-13-8-4-5-9-14(13)22(23)24/h1-10H,(H,20,21)/b19-10+. The highest BCUT2D eigenvalue weighted by Crippen LogP contribution is 2.38. The highest BCUT2D eigenvalue weighted by Gasteiger charge is 2.14. The number of thiocyanates is 1. The second-order valence-corrected chi connectivity index (χ2v) is 6.95. The van der Waals surface area contributed by atoms with Gasteiger partial charge in [-0.3, -0.25) is 15.5 Å². The molecule has 9 heteroatoms. The highest BCUT2D eigenvalue weighted by molar-refractivity contribution is 8.05. The largest absolute Gasteiger partial charge is 0.278 e. The molecule has 0 spiro atoms. The van der Waals surface area contributed by atoms with Crippen LogP contribution in [0.4, 0.5) is 10.8 Å². The Hall–Kier alpha value is -3.22. The predicted octanol–water partition coefficient (Wildman–Crippen LogP) is 4.74. The Morgan fingerprint density at radius 2 is 1.96 bits per heavy atom. The lowest BCUT2D eigenvalue weighted by molar-refractivity contribution is -0.385. The summed E-state index contributed by atoms with van der Waals surface area (Å²) in [5.41, 5.74) is 4.74. The van der Waals surface area contributed by atoms with E-state index < -0.39 is 4.92 Å². The van der Waals surface area contributed by atoms with Crippen LogP contribution in [0.3, 0.4) is 0 Å². The Kier molecular flexibility index (Phi) is 5.58. The first-order chi connectivity index (χ1) is 12.7. The Labute approximate surface area is 157 Å². The first-order valence-corrected chi connectivity index (χ1v) is 8.97. The SMILES string of the molecule is N#CSc1sc(N/N=C/c2ccccc2[N+](=O)[O-])nc1-c1ccccc1. The number of thiazole rings is 1. The fourth-order valence-corrected chi connectivity index (χ4v) is 3.69. The minimum absolute atomic E-state index is 0.0251. The normalized spacial score (nSPS) is 10.6. The number of aromatic nitrogens is 1. The maximum absolute atomic E-state index is 11.0. The van der Waals surface area contributed by atoms with Crippen LogP contribution in [0.1, 0.15) is 5.56 Å². The van der Waals surface area contributed by atoms with Crippen LogP contribution >= 0.6 is 23.1 Å². The van der Waals surface area contributed by atoms with Crippen LogP contribution in [0.5, 0.6) is 0 Å². The molecule has 1 N–H and O–H groups in total. The zero-order valence-corrected chi connectivity index (χ0v) is 14.8. The van der Waals surface area contributed by atoms with Gasteiger partial charge >= 0.3 is 0 Å². The fourth-order valence-electron chi connectivity index (χ4n) is 2.16. The Morgan fingerprint density at radius 3 is 2.69 bits per heavy atom. The molecule has 0 amide bonds. The molecule has 0 bridgehead atoms. The van der Waals surface area contributed by atoms with Gasteiger partial charge in [0.25, 0.3) is 5.69 Å². The predicted molar refractivity (Wildman–Crippen MR) is 103 cm³/mol. The minimum atomic E-state index is -0.458. The molecule has 128 valence electrons. The lowest BCUT2D eigenvalue weighted by Gasteiger charge is -1.97. The van der Waals surface area contributed by atoms with Crippen molar-refractivity contribution in [3.63, 3.8) is 0 Å². The van der Waals surface area contributed by atoms with Gasteiger partial charge in [0.05, 0.1) is 22.4 Å². The quantitative estimate of drug-likeness (QED) is 0.217. The topological polar surface area (TPSA) is 104 Å². The molecule has 0 fully saturated rings. The molecule has 0 aliphatic rings. The molecule has 26 heavy (non-hydrogen) atoms. The van der Waals surface area contributed by atoms with Gasteiger partial charge in [-0.2, -0.15) is 10.4 Å². The number of nitro groups is 1. The summed E-state index contributed by atoms with van der Waals surface area (Å²) >= 11 is 2.33. The van der Waals surface area contributed by atoms with Gasteiger partial charge in [-0.25, -0.2) is 4.98 Å². The van der Waals surface area contributed by atoms with Crippen molar-refractivity contribution >= 4 is 40.1 Å². The number of hydrazone groups is 1. The number of nitrogens with zero attached hydrogens (tertiary/aromatic N) is 4. The van der Waals surface area contributed by atoms with Crippen LogP contribution in [0.2, 0.25) is 0 Å². The van der Waals surface area contributed by atoms with Gasteiger partial charge in [0.15, 0.2) is 0 Å². The molecule has 0 saturated heterocycles. The molecular weight excluding hydrogens is 370 g/mol. The van der Waals surface area contributed by atoms with Gasteiger partial charge in [-0.1, -0.05) is 53.8 Å². The molecule has 0 aliphatic heterocycles. The molecule has 3 rings (SSSR count). The summed E-state index contributed by atoms with van der Waals surface area (Å²) < 4.78 is 0.752. The second kappa shape index (κ2) is 8.24. The molecule has 1 heterocycles. The zero-order valence-electron chi connectivity index (χ0n) is 13.2.